The quantitative estimate of drug-likeness (QED) is 0.743. The van der Waals surface area contributed by atoms with Crippen LogP contribution in [0, 0.1) is 5.82 Å². The van der Waals surface area contributed by atoms with Gasteiger partial charge in [0.25, 0.3) is 5.56 Å². The summed E-state index contributed by atoms with van der Waals surface area (Å²) in [5.74, 6) is -1.47. The van der Waals surface area contributed by atoms with Crippen molar-refractivity contribution in [3.63, 3.8) is 0 Å². The first-order chi connectivity index (χ1) is 9.11. The number of aromatic amines is 1. The maximum absolute atomic E-state index is 13.8. The number of hydrogen-bond acceptors (Lipinski definition) is 6. The van der Waals surface area contributed by atoms with Crippen molar-refractivity contribution in [2.75, 3.05) is 38.3 Å². The van der Waals surface area contributed by atoms with Gasteiger partial charge in [0.2, 0.25) is 5.82 Å². The van der Waals surface area contributed by atoms with Crippen LogP contribution >= 0.6 is 0 Å². The van der Waals surface area contributed by atoms with Crippen molar-refractivity contribution < 1.29 is 18.7 Å². The summed E-state index contributed by atoms with van der Waals surface area (Å²) in [5, 5.41) is 0. The number of ether oxygens (including phenoxy) is 2. The van der Waals surface area contributed by atoms with Gasteiger partial charge in [0.05, 0.1) is 20.3 Å². The third-order valence-electron chi connectivity index (χ3n) is 2.74. The predicted molar refractivity (Wildman–Crippen MR) is 63.6 cm³/mol. The van der Waals surface area contributed by atoms with E-state index in [1.165, 1.54) is 7.11 Å². The number of hydrogen-bond donors (Lipinski definition) is 1. The number of nitrogens with one attached hydrogen (secondary N) is 1. The Kier molecular flexibility index (Phi) is 4.10. The molecule has 8 heteroatoms. The molecule has 7 nitrogen and oxygen atoms in total. The number of carbonyl (C=O) groups is 1. The van der Waals surface area contributed by atoms with Crippen LogP contribution < -0.4 is 10.5 Å². The zero-order valence-corrected chi connectivity index (χ0v) is 10.4. The van der Waals surface area contributed by atoms with Crippen LogP contribution in [0.3, 0.4) is 0 Å². The molecule has 1 N–H and O–H groups in total. The third kappa shape index (κ3) is 3.08. The third-order valence-corrected chi connectivity index (χ3v) is 2.74. The second-order valence-electron chi connectivity index (χ2n) is 4.00. The van der Waals surface area contributed by atoms with Crippen LogP contribution in [0.5, 0.6) is 0 Å². The van der Waals surface area contributed by atoms with E-state index in [0.29, 0.717) is 26.3 Å². The summed E-state index contributed by atoms with van der Waals surface area (Å²) in [6.07, 6.45) is -0.205. The molecule has 1 aliphatic rings. The lowest BCUT2D eigenvalue weighted by Gasteiger charge is -2.27. The monoisotopic (exact) mass is 271 g/mol. The number of halogens is 1. The number of morpholine rings is 1. The van der Waals surface area contributed by atoms with Crippen LogP contribution in [0.2, 0.25) is 0 Å². The Balaban J connectivity index is 2.30. The minimum atomic E-state index is -0.949. The Morgan fingerprint density at radius 3 is 2.84 bits per heavy atom. The largest absolute Gasteiger partial charge is 0.469 e. The molecule has 1 aromatic rings. The van der Waals surface area contributed by atoms with Crippen molar-refractivity contribution in [1.29, 1.82) is 0 Å². The number of nitrogens with zero attached hydrogens (tertiary/aromatic N) is 2. The Morgan fingerprint density at radius 1 is 1.53 bits per heavy atom. The summed E-state index contributed by atoms with van der Waals surface area (Å²) >= 11 is 0. The number of esters is 1. The molecule has 0 radical (unpaired) electrons. The van der Waals surface area contributed by atoms with E-state index in [2.05, 4.69) is 14.7 Å². The molecule has 0 aromatic carbocycles. The number of H-pyrrole nitrogens is 1. The normalized spacial score (nSPS) is 15.4. The minimum Gasteiger partial charge on any atom is -0.469 e. The second-order valence-corrected chi connectivity index (χ2v) is 4.00. The summed E-state index contributed by atoms with van der Waals surface area (Å²) in [6, 6.07) is 0. The number of methoxy groups -OCH3 is 1. The Hall–Kier alpha value is -1.96. The smallest absolute Gasteiger partial charge is 0.313 e. The van der Waals surface area contributed by atoms with Gasteiger partial charge in [0.15, 0.2) is 5.82 Å². The molecule has 19 heavy (non-hydrogen) atoms. The molecular weight excluding hydrogens is 257 g/mol. The average molecular weight is 271 g/mol. The molecule has 0 spiro atoms. The Bertz CT molecular complexity index is 525. The van der Waals surface area contributed by atoms with Gasteiger partial charge in [0.1, 0.15) is 12.2 Å². The molecule has 2 rings (SSSR count). The molecule has 0 aliphatic carbocycles. The van der Waals surface area contributed by atoms with Gasteiger partial charge in [-0.15, -0.1) is 0 Å². The number of aromatic nitrogens is 2. The lowest BCUT2D eigenvalue weighted by atomic mass is 10.3. The molecule has 0 amide bonds. The highest BCUT2D eigenvalue weighted by Gasteiger charge is 2.20. The molecule has 0 saturated carbocycles. The fourth-order valence-electron chi connectivity index (χ4n) is 1.77. The lowest BCUT2D eigenvalue weighted by Crippen LogP contribution is -2.39. The van der Waals surface area contributed by atoms with E-state index in [1.807, 2.05) is 0 Å². The molecule has 0 bridgehead atoms. The van der Waals surface area contributed by atoms with E-state index in [0.717, 1.165) is 0 Å². The average Bonchev–Trinajstić information content (AvgIpc) is 2.43. The standard InChI is InChI=1S/C11H14FN3O4/c1-18-8(16)6-7-13-10(9(12)11(17)14-7)15-2-4-19-5-3-15/h2-6H2,1H3,(H,13,14,17). The SMILES string of the molecule is COC(=O)Cc1nc(N2CCOCC2)c(F)c(=O)[nH]1. The van der Waals surface area contributed by atoms with E-state index in [-0.39, 0.29) is 18.1 Å². The first-order valence-electron chi connectivity index (χ1n) is 5.80. The maximum Gasteiger partial charge on any atom is 0.313 e. The van der Waals surface area contributed by atoms with Crippen molar-refractivity contribution in [1.82, 2.24) is 9.97 Å². The molecule has 0 atom stereocenters. The highest BCUT2D eigenvalue weighted by Crippen LogP contribution is 2.14. The van der Waals surface area contributed by atoms with Crippen molar-refractivity contribution in [2.24, 2.45) is 0 Å². The maximum atomic E-state index is 13.8. The number of anilines is 1. The Labute approximate surface area is 108 Å². The van der Waals surface area contributed by atoms with Crippen LogP contribution in [0.1, 0.15) is 5.82 Å². The zero-order chi connectivity index (χ0) is 13.8. The minimum absolute atomic E-state index is 0.0500. The molecule has 1 aliphatic heterocycles. The van der Waals surface area contributed by atoms with Gasteiger partial charge in [-0.2, -0.15) is 4.39 Å². The van der Waals surface area contributed by atoms with Crippen LogP contribution in [0.25, 0.3) is 0 Å². The van der Waals surface area contributed by atoms with E-state index in [1.54, 1.807) is 4.90 Å². The first kappa shape index (κ1) is 13.5. The molecule has 104 valence electrons. The van der Waals surface area contributed by atoms with Crippen molar-refractivity contribution in [3.05, 3.63) is 22.0 Å². The fourth-order valence-corrected chi connectivity index (χ4v) is 1.77. The van der Waals surface area contributed by atoms with Gasteiger partial charge in [-0.25, -0.2) is 4.98 Å². The molecule has 1 aromatic heterocycles. The summed E-state index contributed by atoms with van der Waals surface area (Å²) in [5.41, 5.74) is -0.893. The van der Waals surface area contributed by atoms with Crippen LogP contribution in [-0.2, 0) is 20.7 Å². The van der Waals surface area contributed by atoms with Crippen molar-refractivity contribution in [2.45, 2.75) is 6.42 Å². The summed E-state index contributed by atoms with van der Waals surface area (Å²) in [4.78, 5) is 30.5. The molecule has 0 unspecified atom stereocenters. The molecule has 1 fully saturated rings. The second kappa shape index (κ2) is 5.79. The Morgan fingerprint density at radius 2 is 2.21 bits per heavy atom. The van der Waals surface area contributed by atoms with E-state index in [4.69, 9.17) is 4.74 Å². The first-order valence-corrected chi connectivity index (χ1v) is 5.80. The van der Waals surface area contributed by atoms with E-state index < -0.39 is 17.3 Å². The van der Waals surface area contributed by atoms with Gasteiger partial charge < -0.3 is 19.4 Å². The molecule has 2 heterocycles. The highest BCUT2D eigenvalue weighted by atomic mass is 19.1. The fraction of sp³-hybridized carbons (Fsp3) is 0.545. The van der Waals surface area contributed by atoms with Gasteiger partial charge in [-0.3, -0.25) is 9.59 Å². The number of carbonyl (C=O) groups excluding carboxylic acids is 1. The highest BCUT2D eigenvalue weighted by molar-refractivity contribution is 5.71. The summed E-state index contributed by atoms with van der Waals surface area (Å²) in [7, 11) is 1.23. The van der Waals surface area contributed by atoms with Gasteiger partial charge in [-0.05, 0) is 0 Å². The van der Waals surface area contributed by atoms with Crippen LogP contribution in [0.4, 0.5) is 10.2 Å². The lowest BCUT2D eigenvalue weighted by molar-refractivity contribution is -0.139. The van der Waals surface area contributed by atoms with Gasteiger partial charge >= 0.3 is 5.97 Å². The van der Waals surface area contributed by atoms with Crippen LogP contribution in [-0.4, -0.2) is 49.4 Å². The van der Waals surface area contributed by atoms with Crippen LogP contribution in [0.15, 0.2) is 4.79 Å². The molecular formula is C11H14FN3O4. The van der Waals surface area contributed by atoms with Crippen molar-refractivity contribution in [3.8, 4) is 0 Å². The molecule has 1 saturated heterocycles. The zero-order valence-electron chi connectivity index (χ0n) is 10.4. The summed E-state index contributed by atoms with van der Waals surface area (Å²) < 4.78 is 23.4. The predicted octanol–water partition coefficient (Wildman–Crippen LogP) is -0.539. The number of rotatable bonds is 3. The van der Waals surface area contributed by atoms with Crippen molar-refractivity contribution >= 4 is 11.8 Å². The topological polar surface area (TPSA) is 84.5 Å². The van der Waals surface area contributed by atoms with E-state index in [9.17, 15) is 14.0 Å². The van der Waals surface area contributed by atoms with E-state index >= 15 is 0 Å². The van der Waals surface area contributed by atoms with Gasteiger partial charge in [0, 0.05) is 13.1 Å². The summed E-state index contributed by atoms with van der Waals surface area (Å²) in [6.45, 7) is 1.79. The van der Waals surface area contributed by atoms with Gasteiger partial charge in [-0.1, -0.05) is 0 Å².